The fourth-order valence-electron chi connectivity index (χ4n) is 1.43. The molecule has 72 valence electrons. The monoisotopic (exact) mass is 192 g/mol. The molecule has 1 unspecified atom stereocenters. The first-order chi connectivity index (χ1) is 6.68. The van der Waals surface area contributed by atoms with E-state index in [0.29, 0.717) is 5.75 Å². The second-order valence-corrected chi connectivity index (χ2v) is 3.09. The van der Waals surface area contributed by atoms with Crippen LogP contribution in [0.15, 0.2) is 24.3 Å². The number of ketones is 1. The summed E-state index contributed by atoms with van der Waals surface area (Å²) in [5.74, 6) is -1.15. The largest absolute Gasteiger partial charge is 0.478 e. The molecule has 0 bridgehead atoms. The summed E-state index contributed by atoms with van der Waals surface area (Å²) < 4.78 is 5.06. The van der Waals surface area contributed by atoms with Gasteiger partial charge in [0.25, 0.3) is 6.10 Å². The van der Waals surface area contributed by atoms with Crippen LogP contribution in [-0.2, 0) is 16.0 Å². The van der Waals surface area contributed by atoms with Crippen LogP contribution in [0.3, 0.4) is 0 Å². The smallest absolute Gasteiger partial charge is 0.352 e. The van der Waals surface area contributed by atoms with Gasteiger partial charge in [-0.05, 0) is 6.07 Å². The second-order valence-electron chi connectivity index (χ2n) is 3.09. The van der Waals surface area contributed by atoms with Crippen molar-refractivity contribution >= 4 is 11.8 Å². The van der Waals surface area contributed by atoms with Gasteiger partial charge in [0, 0.05) is 12.0 Å². The molecule has 1 aromatic rings. The van der Waals surface area contributed by atoms with Crippen molar-refractivity contribution in [2.45, 2.75) is 12.5 Å². The molecule has 0 spiro atoms. The van der Waals surface area contributed by atoms with E-state index in [1.54, 1.807) is 24.3 Å². The van der Waals surface area contributed by atoms with Crippen LogP contribution in [0.5, 0.6) is 5.75 Å². The summed E-state index contributed by atoms with van der Waals surface area (Å²) in [5.41, 5.74) is 0.745. The number of fused-ring (bicyclic) bond motifs is 1. The van der Waals surface area contributed by atoms with Gasteiger partial charge in [-0.15, -0.1) is 0 Å². The number of carboxylic acids is 1. The van der Waals surface area contributed by atoms with Gasteiger partial charge in [-0.1, -0.05) is 18.2 Å². The highest BCUT2D eigenvalue weighted by Crippen LogP contribution is 2.25. The van der Waals surface area contributed by atoms with Crippen molar-refractivity contribution in [1.82, 2.24) is 0 Å². The van der Waals surface area contributed by atoms with Gasteiger partial charge < -0.3 is 9.84 Å². The van der Waals surface area contributed by atoms with Crippen LogP contribution in [0.2, 0.25) is 0 Å². The summed E-state index contributed by atoms with van der Waals surface area (Å²) in [7, 11) is 0. The van der Waals surface area contributed by atoms with Crippen LogP contribution in [0.25, 0.3) is 0 Å². The molecule has 1 N–H and O–H groups in total. The number of hydrogen-bond donors (Lipinski definition) is 1. The predicted molar refractivity (Wildman–Crippen MR) is 47.2 cm³/mol. The molecule has 0 saturated heterocycles. The standard InChI is InChI=1S/C10H8O4/c11-7-5-6-3-1-2-4-8(6)14-9(7)10(12)13/h1-4,9H,5H2,(H,12,13). The highest BCUT2D eigenvalue weighted by atomic mass is 16.5. The third-order valence-corrected chi connectivity index (χ3v) is 2.10. The van der Waals surface area contributed by atoms with Crippen LogP contribution >= 0.6 is 0 Å². The Hall–Kier alpha value is -1.84. The number of benzene rings is 1. The minimum absolute atomic E-state index is 0.132. The van der Waals surface area contributed by atoms with E-state index in [9.17, 15) is 9.59 Å². The molecule has 2 rings (SSSR count). The van der Waals surface area contributed by atoms with E-state index in [1.807, 2.05) is 0 Å². The molecule has 0 amide bonds. The number of para-hydroxylation sites is 1. The second kappa shape index (κ2) is 3.14. The Labute approximate surface area is 80.1 Å². The SMILES string of the molecule is O=C(O)C1Oc2ccccc2CC1=O. The van der Waals surface area contributed by atoms with E-state index in [-0.39, 0.29) is 6.42 Å². The molecule has 0 saturated carbocycles. The maximum absolute atomic E-state index is 11.3. The van der Waals surface area contributed by atoms with Crippen molar-refractivity contribution in [3.8, 4) is 5.75 Å². The van der Waals surface area contributed by atoms with Crippen molar-refractivity contribution in [3.63, 3.8) is 0 Å². The number of carbonyl (C=O) groups is 2. The zero-order valence-electron chi connectivity index (χ0n) is 7.27. The lowest BCUT2D eigenvalue weighted by molar-refractivity contribution is -0.150. The van der Waals surface area contributed by atoms with Gasteiger partial charge in [-0.3, -0.25) is 4.79 Å². The molecule has 1 aliphatic rings. The normalized spacial score (nSPS) is 19.7. The van der Waals surface area contributed by atoms with Crippen molar-refractivity contribution in [2.75, 3.05) is 0 Å². The minimum atomic E-state index is -1.34. The average molecular weight is 192 g/mol. The molecule has 4 heteroatoms. The summed E-state index contributed by atoms with van der Waals surface area (Å²) in [6.45, 7) is 0. The Morgan fingerprint density at radius 1 is 1.43 bits per heavy atom. The van der Waals surface area contributed by atoms with E-state index in [1.165, 1.54) is 0 Å². The van der Waals surface area contributed by atoms with Crippen LogP contribution in [-0.4, -0.2) is 23.0 Å². The molecule has 14 heavy (non-hydrogen) atoms. The molecule has 1 atom stereocenters. The fraction of sp³-hybridized carbons (Fsp3) is 0.200. The van der Waals surface area contributed by atoms with Crippen molar-refractivity contribution in [2.24, 2.45) is 0 Å². The fourth-order valence-corrected chi connectivity index (χ4v) is 1.43. The summed E-state index contributed by atoms with van der Waals surface area (Å²) in [6, 6.07) is 6.95. The Bertz CT molecular complexity index is 397. The predicted octanol–water partition coefficient (Wildman–Crippen LogP) is 0.644. The third kappa shape index (κ3) is 1.35. The molecule has 0 radical (unpaired) electrons. The topological polar surface area (TPSA) is 63.6 Å². The highest BCUT2D eigenvalue weighted by Gasteiger charge is 2.33. The van der Waals surface area contributed by atoms with Gasteiger partial charge in [-0.25, -0.2) is 4.79 Å². The molecule has 0 fully saturated rings. The lowest BCUT2D eigenvalue weighted by atomic mass is 10.0. The quantitative estimate of drug-likeness (QED) is 0.663. The van der Waals surface area contributed by atoms with Crippen molar-refractivity contribution < 1.29 is 19.4 Å². The van der Waals surface area contributed by atoms with Gasteiger partial charge in [-0.2, -0.15) is 0 Å². The highest BCUT2D eigenvalue weighted by molar-refractivity contribution is 6.03. The maximum atomic E-state index is 11.3. The maximum Gasteiger partial charge on any atom is 0.352 e. The lowest BCUT2D eigenvalue weighted by Gasteiger charge is -2.21. The van der Waals surface area contributed by atoms with Gasteiger partial charge in [0.2, 0.25) is 0 Å². The Balaban J connectivity index is 2.36. The van der Waals surface area contributed by atoms with Gasteiger partial charge in [0.15, 0.2) is 5.78 Å². The first kappa shape index (κ1) is 8.74. The van der Waals surface area contributed by atoms with Crippen LogP contribution in [0.1, 0.15) is 5.56 Å². The molecule has 0 aromatic heterocycles. The lowest BCUT2D eigenvalue weighted by Crippen LogP contribution is -2.39. The summed E-state index contributed by atoms with van der Waals surface area (Å²) in [6.07, 6.45) is -1.21. The number of hydrogen-bond acceptors (Lipinski definition) is 3. The van der Waals surface area contributed by atoms with Crippen molar-refractivity contribution in [1.29, 1.82) is 0 Å². The molecule has 1 aliphatic heterocycles. The van der Waals surface area contributed by atoms with Gasteiger partial charge in [0.1, 0.15) is 5.75 Å². The Morgan fingerprint density at radius 2 is 2.14 bits per heavy atom. The van der Waals surface area contributed by atoms with Crippen molar-refractivity contribution in [3.05, 3.63) is 29.8 Å². The zero-order chi connectivity index (χ0) is 10.1. The number of rotatable bonds is 1. The molecule has 1 heterocycles. The average Bonchev–Trinajstić information content (AvgIpc) is 2.16. The summed E-state index contributed by atoms with van der Waals surface area (Å²) in [4.78, 5) is 21.9. The summed E-state index contributed by atoms with van der Waals surface area (Å²) in [5, 5.41) is 8.69. The first-order valence-corrected chi connectivity index (χ1v) is 4.18. The number of Topliss-reactive ketones (excluding diaryl/α,β-unsaturated/α-hetero) is 1. The molecular formula is C10H8O4. The van der Waals surface area contributed by atoms with E-state index in [4.69, 9.17) is 9.84 Å². The van der Waals surface area contributed by atoms with E-state index >= 15 is 0 Å². The van der Waals surface area contributed by atoms with E-state index in [0.717, 1.165) is 5.56 Å². The van der Waals surface area contributed by atoms with Crippen LogP contribution < -0.4 is 4.74 Å². The minimum Gasteiger partial charge on any atom is -0.478 e. The molecule has 0 aliphatic carbocycles. The zero-order valence-corrected chi connectivity index (χ0v) is 7.27. The molecular weight excluding hydrogens is 184 g/mol. The van der Waals surface area contributed by atoms with E-state index < -0.39 is 17.9 Å². The van der Waals surface area contributed by atoms with E-state index in [2.05, 4.69) is 0 Å². The van der Waals surface area contributed by atoms with Gasteiger partial charge in [0.05, 0.1) is 0 Å². The number of aliphatic carboxylic acids is 1. The number of carboxylic acid groups (broad SMARTS) is 1. The number of carbonyl (C=O) groups excluding carboxylic acids is 1. The molecule has 1 aromatic carbocycles. The van der Waals surface area contributed by atoms with Crippen LogP contribution in [0.4, 0.5) is 0 Å². The van der Waals surface area contributed by atoms with Crippen LogP contribution in [0, 0.1) is 0 Å². The molecule has 4 nitrogen and oxygen atoms in total. The third-order valence-electron chi connectivity index (χ3n) is 2.10. The Kier molecular flexibility index (Phi) is 1.96. The summed E-state index contributed by atoms with van der Waals surface area (Å²) >= 11 is 0. The van der Waals surface area contributed by atoms with Gasteiger partial charge >= 0.3 is 5.97 Å². The number of ether oxygens (including phenoxy) is 1. The first-order valence-electron chi connectivity index (χ1n) is 4.18. The Morgan fingerprint density at radius 3 is 2.86 bits per heavy atom.